The number of sulfonamides is 1. The van der Waals surface area contributed by atoms with Gasteiger partial charge in [0, 0.05) is 37.0 Å². The fourth-order valence-electron chi connectivity index (χ4n) is 1.76. The van der Waals surface area contributed by atoms with Gasteiger partial charge in [0.05, 0.1) is 16.9 Å². The highest BCUT2D eigenvalue weighted by Crippen LogP contribution is 2.23. The molecule has 1 heterocycles. The van der Waals surface area contributed by atoms with Crippen molar-refractivity contribution in [3.63, 3.8) is 0 Å². The molecule has 0 unspecified atom stereocenters. The molecule has 2 N–H and O–H groups in total. The molecule has 1 aromatic heterocycles. The van der Waals surface area contributed by atoms with Crippen molar-refractivity contribution < 1.29 is 13.3 Å². The highest BCUT2D eigenvalue weighted by molar-refractivity contribution is 7.88. The Morgan fingerprint density at radius 2 is 2.00 bits per heavy atom. The Balaban J connectivity index is 2.61. The van der Waals surface area contributed by atoms with Crippen LogP contribution in [-0.2, 0) is 16.6 Å². The van der Waals surface area contributed by atoms with Gasteiger partial charge in [-0.25, -0.2) is 13.1 Å². The van der Waals surface area contributed by atoms with Crippen molar-refractivity contribution in [2.24, 2.45) is 0 Å². The SMILES string of the molecule is Cc1cnc(CNCCNS(C)(=O)=O)c(C)c1[N+](=O)[O-]. The van der Waals surface area contributed by atoms with Gasteiger partial charge in [0.2, 0.25) is 10.0 Å². The Kier molecular flexibility index (Phi) is 5.54. The molecule has 0 atom stereocenters. The molecule has 0 fully saturated rings. The van der Waals surface area contributed by atoms with E-state index in [1.165, 1.54) is 6.20 Å². The Hall–Kier alpha value is -1.58. The molecule has 0 saturated carbocycles. The topological polar surface area (TPSA) is 114 Å². The number of hydrogen-bond donors (Lipinski definition) is 2. The van der Waals surface area contributed by atoms with Crippen LogP contribution in [0.1, 0.15) is 16.8 Å². The van der Waals surface area contributed by atoms with Crippen molar-refractivity contribution >= 4 is 15.7 Å². The van der Waals surface area contributed by atoms with Crippen LogP contribution >= 0.6 is 0 Å². The number of hydrogen-bond acceptors (Lipinski definition) is 6. The van der Waals surface area contributed by atoms with Gasteiger partial charge in [0.1, 0.15) is 0 Å². The molecule has 0 amide bonds. The first-order chi connectivity index (χ1) is 9.22. The molecule has 1 rings (SSSR count). The van der Waals surface area contributed by atoms with Crippen LogP contribution in [0.25, 0.3) is 0 Å². The molecule has 0 saturated heterocycles. The molecule has 0 aliphatic rings. The summed E-state index contributed by atoms with van der Waals surface area (Å²) in [5.41, 5.74) is 1.71. The largest absolute Gasteiger partial charge is 0.310 e. The van der Waals surface area contributed by atoms with Gasteiger partial charge in [-0.3, -0.25) is 15.1 Å². The molecule has 0 radical (unpaired) electrons. The minimum atomic E-state index is -3.20. The van der Waals surface area contributed by atoms with Gasteiger partial charge in [-0.05, 0) is 13.8 Å². The molecule has 0 aliphatic heterocycles. The Labute approximate surface area is 117 Å². The molecular formula is C11H18N4O4S. The van der Waals surface area contributed by atoms with E-state index in [9.17, 15) is 18.5 Å². The first-order valence-corrected chi connectivity index (χ1v) is 7.86. The first kappa shape index (κ1) is 16.5. The molecule has 0 bridgehead atoms. The molecule has 0 aliphatic carbocycles. The third-order valence-corrected chi connectivity index (χ3v) is 3.45. The maximum absolute atomic E-state index is 11.0. The highest BCUT2D eigenvalue weighted by atomic mass is 32.2. The van der Waals surface area contributed by atoms with E-state index in [0.29, 0.717) is 29.9 Å². The molecule has 112 valence electrons. The summed E-state index contributed by atoms with van der Waals surface area (Å²) in [6.45, 7) is 4.31. The van der Waals surface area contributed by atoms with Crippen molar-refractivity contribution in [1.29, 1.82) is 0 Å². The number of rotatable bonds is 7. The van der Waals surface area contributed by atoms with Crippen molar-refractivity contribution in [2.45, 2.75) is 20.4 Å². The van der Waals surface area contributed by atoms with Crippen molar-refractivity contribution in [1.82, 2.24) is 15.0 Å². The van der Waals surface area contributed by atoms with Gasteiger partial charge < -0.3 is 5.32 Å². The van der Waals surface area contributed by atoms with Crippen molar-refractivity contribution in [3.8, 4) is 0 Å². The van der Waals surface area contributed by atoms with E-state index in [1.807, 2.05) is 0 Å². The Morgan fingerprint density at radius 3 is 2.55 bits per heavy atom. The zero-order valence-electron chi connectivity index (χ0n) is 11.6. The third kappa shape index (κ3) is 4.83. The van der Waals surface area contributed by atoms with E-state index in [2.05, 4.69) is 15.0 Å². The maximum Gasteiger partial charge on any atom is 0.278 e. The van der Waals surface area contributed by atoms with E-state index >= 15 is 0 Å². The summed E-state index contributed by atoms with van der Waals surface area (Å²) in [4.78, 5) is 14.7. The second-order valence-electron chi connectivity index (χ2n) is 4.46. The number of aromatic nitrogens is 1. The highest BCUT2D eigenvalue weighted by Gasteiger charge is 2.18. The van der Waals surface area contributed by atoms with Gasteiger partial charge in [-0.2, -0.15) is 0 Å². The predicted molar refractivity (Wildman–Crippen MR) is 74.9 cm³/mol. The molecule has 9 heteroatoms. The molecule has 1 aromatic rings. The van der Waals surface area contributed by atoms with Crippen molar-refractivity contribution in [2.75, 3.05) is 19.3 Å². The van der Waals surface area contributed by atoms with E-state index in [-0.39, 0.29) is 12.2 Å². The molecule has 0 spiro atoms. The van der Waals surface area contributed by atoms with Gasteiger partial charge in [-0.1, -0.05) is 0 Å². The molecule has 8 nitrogen and oxygen atoms in total. The van der Waals surface area contributed by atoms with Gasteiger partial charge in [0.25, 0.3) is 5.69 Å². The average molecular weight is 302 g/mol. The van der Waals surface area contributed by atoms with Crippen LogP contribution in [0.15, 0.2) is 6.20 Å². The predicted octanol–water partition coefficient (Wildman–Crippen LogP) is 0.245. The normalized spacial score (nSPS) is 11.6. The van der Waals surface area contributed by atoms with E-state index in [1.54, 1.807) is 13.8 Å². The molecule has 20 heavy (non-hydrogen) atoms. The van der Waals surface area contributed by atoms with Gasteiger partial charge in [0.15, 0.2) is 0 Å². The van der Waals surface area contributed by atoms with Gasteiger partial charge >= 0.3 is 0 Å². The summed E-state index contributed by atoms with van der Waals surface area (Å²) >= 11 is 0. The zero-order valence-corrected chi connectivity index (χ0v) is 12.5. The van der Waals surface area contributed by atoms with Crippen LogP contribution in [0.3, 0.4) is 0 Å². The maximum atomic E-state index is 11.0. The third-order valence-electron chi connectivity index (χ3n) is 2.72. The number of aryl methyl sites for hydroxylation is 1. The van der Waals surface area contributed by atoms with Crippen LogP contribution < -0.4 is 10.0 Å². The number of pyridine rings is 1. The standard InChI is InChI=1S/C11H18N4O4S/c1-8-6-13-10(9(2)11(8)15(16)17)7-12-4-5-14-20(3,18)19/h6,12,14H,4-5,7H2,1-3H3. The van der Waals surface area contributed by atoms with Crippen LogP contribution in [0.2, 0.25) is 0 Å². The number of nitrogens with zero attached hydrogens (tertiary/aromatic N) is 2. The summed E-state index contributed by atoms with van der Waals surface area (Å²) in [5.74, 6) is 0. The summed E-state index contributed by atoms with van der Waals surface area (Å²) < 4.78 is 24.0. The molecular weight excluding hydrogens is 284 g/mol. The minimum Gasteiger partial charge on any atom is -0.310 e. The fraction of sp³-hybridized carbons (Fsp3) is 0.545. The monoisotopic (exact) mass is 302 g/mol. The van der Waals surface area contributed by atoms with Crippen LogP contribution in [0.4, 0.5) is 5.69 Å². The van der Waals surface area contributed by atoms with E-state index < -0.39 is 14.9 Å². The Morgan fingerprint density at radius 1 is 1.35 bits per heavy atom. The molecule has 0 aromatic carbocycles. The van der Waals surface area contributed by atoms with Gasteiger partial charge in [-0.15, -0.1) is 0 Å². The lowest BCUT2D eigenvalue weighted by atomic mass is 10.1. The Bertz CT molecular complexity index is 601. The quantitative estimate of drug-likeness (QED) is 0.424. The summed E-state index contributed by atoms with van der Waals surface area (Å²) in [6.07, 6.45) is 2.55. The first-order valence-electron chi connectivity index (χ1n) is 5.97. The summed E-state index contributed by atoms with van der Waals surface area (Å²) in [5, 5.41) is 14.0. The van der Waals surface area contributed by atoms with Crippen LogP contribution in [0.5, 0.6) is 0 Å². The minimum absolute atomic E-state index is 0.0751. The van der Waals surface area contributed by atoms with E-state index in [0.717, 1.165) is 6.26 Å². The lowest BCUT2D eigenvalue weighted by Crippen LogP contribution is -2.31. The number of nitro groups is 1. The second-order valence-corrected chi connectivity index (χ2v) is 6.29. The van der Waals surface area contributed by atoms with Crippen molar-refractivity contribution in [3.05, 3.63) is 33.1 Å². The van der Waals surface area contributed by atoms with E-state index in [4.69, 9.17) is 0 Å². The zero-order chi connectivity index (χ0) is 15.3. The lowest BCUT2D eigenvalue weighted by molar-refractivity contribution is -0.386. The second kappa shape index (κ2) is 6.73. The lowest BCUT2D eigenvalue weighted by Gasteiger charge is -2.09. The van der Waals surface area contributed by atoms with Crippen LogP contribution in [-0.4, -0.2) is 37.7 Å². The fourth-order valence-corrected chi connectivity index (χ4v) is 2.23. The summed E-state index contributed by atoms with van der Waals surface area (Å²) in [7, 11) is -3.20. The average Bonchev–Trinajstić information content (AvgIpc) is 2.29. The van der Waals surface area contributed by atoms with Crippen LogP contribution in [0, 0.1) is 24.0 Å². The summed E-state index contributed by atoms with van der Waals surface area (Å²) in [6, 6.07) is 0. The number of nitrogens with one attached hydrogen (secondary N) is 2. The smallest absolute Gasteiger partial charge is 0.278 e.